The number of benzene rings is 1. The zero-order valence-corrected chi connectivity index (χ0v) is 17.8. The van der Waals surface area contributed by atoms with Crippen molar-refractivity contribution in [2.75, 3.05) is 55.6 Å². The summed E-state index contributed by atoms with van der Waals surface area (Å²) in [5.41, 5.74) is 0.459. The van der Waals surface area contributed by atoms with E-state index in [0.29, 0.717) is 18.7 Å². The van der Waals surface area contributed by atoms with Crippen LogP contribution < -0.4 is 9.80 Å². The molecule has 10 heteroatoms. The Balaban J connectivity index is 1.36. The van der Waals surface area contributed by atoms with Crippen LogP contribution in [-0.4, -0.2) is 79.4 Å². The largest absolute Gasteiger partial charge is 0.338 e. The summed E-state index contributed by atoms with van der Waals surface area (Å²) in [7, 11) is -3.82. The minimum Gasteiger partial charge on any atom is -0.338 e. The summed E-state index contributed by atoms with van der Waals surface area (Å²) in [5, 5.41) is 0. The molecule has 4 rings (SSSR count). The molecular formula is C20H26N6O3S. The van der Waals surface area contributed by atoms with E-state index in [1.54, 1.807) is 42.7 Å². The van der Waals surface area contributed by atoms with Gasteiger partial charge in [0.1, 0.15) is 4.90 Å². The predicted molar refractivity (Wildman–Crippen MR) is 114 cm³/mol. The first-order chi connectivity index (χ1) is 14.5. The fourth-order valence-corrected chi connectivity index (χ4v) is 5.55. The van der Waals surface area contributed by atoms with Gasteiger partial charge in [0, 0.05) is 58.2 Å². The summed E-state index contributed by atoms with van der Waals surface area (Å²) >= 11 is 0. The van der Waals surface area contributed by atoms with Gasteiger partial charge in [0.25, 0.3) is 10.0 Å². The molecule has 30 heavy (non-hydrogen) atoms. The molecule has 0 bridgehead atoms. The number of rotatable bonds is 6. The van der Waals surface area contributed by atoms with E-state index < -0.39 is 16.1 Å². The third kappa shape index (κ3) is 3.84. The van der Waals surface area contributed by atoms with Gasteiger partial charge in [0.15, 0.2) is 0 Å². The SMILES string of the molecule is CCN1C(=O)N(CCCN2CCN(c3ncccn3)CC2)S(=O)(=O)c2ccccc21. The summed E-state index contributed by atoms with van der Waals surface area (Å²) in [6.45, 7) is 6.52. The molecule has 0 unspecified atom stereocenters. The molecule has 1 fully saturated rings. The van der Waals surface area contributed by atoms with Crippen LogP contribution in [0.1, 0.15) is 13.3 Å². The number of hydrogen-bond acceptors (Lipinski definition) is 7. The molecule has 1 aromatic carbocycles. The molecule has 2 aromatic rings. The third-order valence-corrected chi connectivity index (χ3v) is 7.35. The van der Waals surface area contributed by atoms with Gasteiger partial charge < -0.3 is 4.90 Å². The molecule has 1 saturated heterocycles. The van der Waals surface area contributed by atoms with Crippen LogP contribution in [0.5, 0.6) is 0 Å². The number of aromatic nitrogens is 2. The average Bonchev–Trinajstić information content (AvgIpc) is 2.77. The highest BCUT2D eigenvalue weighted by molar-refractivity contribution is 7.90. The number of carbonyl (C=O) groups excluding carboxylic acids is 1. The van der Waals surface area contributed by atoms with Crippen LogP contribution in [0.15, 0.2) is 47.6 Å². The lowest BCUT2D eigenvalue weighted by atomic mass is 10.3. The average molecular weight is 431 g/mol. The first-order valence-electron chi connectivity index (χ1n) is 10.2. The lowest BCUT2D eigenvalue weighted by Gasteiger charge is -2.37. The van der Waals surface area contributed by atoms with Crippen LogP contribution in [0.2, 0.25) is 0 Å². The summed E-state index contributed by atoms with van der Waals surface area (Å²) in [6, 6.07) is 8.02. The maximum atomic E-state index is 13.0. The van der Waals surface area contributed by atoms with E-state index in [9.17, 15) is 13.2 Å². The van der Waals surface area contributed by atoms with Crippen molar-refractivity contribution in [1.29, 1.82) is 0 Å². The Hall–Kier alpha value is -2.72. The molecule has 160 valence electrons. The Kier molecular flexibility index (Phi) is 5.87. The molecular weight excluding hydrogens is 404 g/mol. The van der Waals surface area contributed by atoms with E-state index in [1.807, 2.05) is 6.92 Å². The summed E-state index contributed by atoms with van der Waals surface area (Å²) < 4.78 is 27.0. The molecule has 0 radical (unpaired) electrons. The van der Waals surface area contributed by atoms with Crippen LogP contribution in [0, 0.1) is 0 Å². The van der Waals surface area contributed by atoms with Crippen molar-refractivity contribution in [2.24, 2.45) is 0 Å². The monoisotopic (exact) mass is 430 g/mol. The Bertz CT molecular complexity index is 993. The predicted octanol–water partition coefficient (Wildman–Crippen LogP) is 1.64. The van der Waals surface area contributed by atoms with Crippen molar-refractivity contribution in [1.82, 2.24) is 19.2 Å². The molecule has 2 aliphatic heterocycles. The van der Waals surface area contributed by atoms with Crippen molar-refractivity contribution in [3.63, 3.8) is 0 Å². The highest BCUT2D eigenvalue weighted by atomic mass is 32.2. The van der Waals surface area contributed by atoms with E-state index in [1.165, 1.54) is 4.90 Å². The van der Waals surface area contributed by atoms with Crippen LogP contribution in [0.4, 0.5) is 16.4 Å². The highest BCUT2D eigenvalue weighted by Crippen LogP contribution is 2.34. The normalized spacial score (nSPS) is 19.1. The Morgan fingerprint density at radius 1 is 0.967 bits per heavy atom. The number of piperazine rings is 1. The molecule has 2 amide bonds. The van der Waals surface area contributed by atoms with Crippen LogP contribution in [-0.2, 0) is 10.0 Å². The smallest absolute Gasteiger partial charge is 0.338 e. The van der Waals surface area contributed by atoms with E-state index >= 15 is 0 Å². The second-order valence-electron chi connectivity index (χ2n) is 7.30. The topological polar surface area (TPSA) is 90.0 Å². The number of nitrogens with zero attached hydrogens (tertiary/aromatic N) is 6. The van der Waals surface area contributed by atoms with Gasteiger partial charge in [0.2, 0.25) is 5.95 Å². The first-order valence-corrected chi connectivity index (χ1v) is 11.6. The van der Waals surface area contributed by atoms with Gasteiger partial charge in [-0.05, 0) is 31.5 Å². The minimum atomic E-state index is -3.82. The number of anilines is 2. The Morgan fingerprint density at radius 2 is 1.67 bits per heavy atom. The number of sulfonamides is 1. The maximum absolute atomic E-state index is 13.0. The van der Waals surface area contributed by atoms with Gasteiger partial charge in [-0.1, -0.05) is 12.1 Å². The van der Waals surface area contributed by atoms with Crippen molar-refractivity contribution < 1.29 is 13.2 Å². The lowest BCUT2D eigenvalue weighted by molar-refractivity contribution is 0.220. The molecule has 0 saturated carbocycles. The summed E-state index contributed by atoms with van der Waals surface area (Å²) in [4.78, 5) is 27.6. The molecule has 3 heterocycles. The van der Waals surface area contributed by atoms with Gasteiger partial charge in [-0.3, -0.25) is 9.80 Å². The van der Waals surface area contributed by atoms with Gasteiger partial charge >= 0.3 is 6.03 Å². The summed E-state index contributed by atoms with van der Waals surface area (Å²) in [5.74, 6) is 0.737. The Morgan fingerprint density at radius 3 is 2.37 bits per heavy atom. The number of fused-ring (bicyclic) bond motifs is 1. The number of para-hydroxylation sites is 1. The van der Waals surface area contributed by atoms with Gasteiger partial charge in [-0.15, -0.1) is 0 Å². The molecule has 2 aliphatic rings. The molecule has 0 aliphatic carbocycles. The lowest BCUT2D eigenvalue weighted by Crippen LogP contribution is -2.52. The standard InChI is InChI=1S/C20H26N6O3S/c1-2-25-17-7-3-4-8-18(17)30(28,29)26(20(25)27)12-6-11-23-13-15-24(16-14-23)19-21-9-5-10-22-19/h3-5,7-10H,2,6,11-16H2,1H3. The van der Waals surface area contributed by atoms with Gasteiger partial charge in [-0.25, -0.2) is 27.5 Å². The van der Waals surface area contributed by atoms with E-state index in [4.69, 9.17) is 0 Å². The summed E-state index contributed by atoms with van der Waals surface area (Å²) in [6.07, 6.45) is 4.07. The number of carbonyl (C=O) groups is 1. The zero-order chi connectivity index (χ0) is 21.1. The molecule has 9 nitrogen and oxygen atoms in total. The molecule has 0 N–H and O–H groups in total. The first kappa shape index (κ1) is 20.5. The number of hydrogen-bond donors (Lipinski definition) is 0. The van der Waals surface area contributed by atoms with E-state index in [-0.39, 0.29) is 11.4 Å². The van der Waals surface area contributed by atoms with Crippen LogP contribution >= 0.6 is 0 Å². The third-order valence-electron chi connectivity index (χ3n) is 5.53. The van der Waals surface area contributed by atoms with Crippen molar-refractivity contribution in [3.05, 3.63) is 42.7 Å². The maximum Gasteiger partial charge on any atom is 0.338 e. The second kappa shape index (κ2) is 8.57. The molecule has 0 atom stereocenters. The van der Waals surface area contributed by atoms with E-state index in [0.717, 1.165) is 43.0 Å². The van der Waals surface area contributed by atoms with Gasteiger partial charge in [-0.2, -0.15) is 0 Å². The quantitative estimate of drug-likeness (QED) is 0.688. The van der Waals surface area contributed by atoms with Gasteiger partial charge in [0.05, 0.1) is 5.69 Å². The highest BCUT2D eigenvalue weighted by Gasteiger charge is 2.40. The zero-order valence-electron chi connectivity index (χ0n) is 17.0. The fraction of sp³-hybridized carbons (Fsp3) is 0.450. The van der Waals surface area contributed by atoms with Crippen molar-refractivity contribution in [2.45, 2.75) is 18.2 Å². The second-order valence-corrected chi connectivity index (χ2v) is 9.13. The molecule has 1 aromatic heterocycles. The van der Waals surface area contributed by atoms with E-state index in [2.05, 4.69) is 19.8 Å². The van der Waals surface area contributed by atoms with Crippen molar-refractivity contribution >= 4 is 27.7 Å². The molecule has 0 spiro atoms. The Labute approximate surface area is 177 Å². The van der Waals surface area contributed by atoms with Crippen molar-refractivity contribution in [3.8, 4) is 0 Å². The number of amides is 2. The van der Waals surface area contributed by atoms with Crippen LogP contribution in [0.3, 0.4) is 0 Å². The minimum absolute atomic E-state index is 0.175. The number of urea groups is 1. The van der Waals surface area contributed by atoms with Crippen LogP contribution in [0.25, 0.3) is 0 Å². The fourth-order valence-electron chi connectivity index (χ4n) is 3.94.